The lowest BCUT2D eigenvalue weighted by Gasteiger charge is -2.60. The van der Waals surface area contributed by atoms with Crippen LogP contribution in [-0.2, 0) is 4.79 Å². The van der Waals surface area contributed by atoms with E-state index in [1.165, 1.54) is 0 Å². The molecule has 2 heterocycles. The standard InChI is InChI=1S/C16H23F3N4O2/c17-16(18,19)15(2-3-15)21-11-5-14(6-11)8-23(9-14)13(25)22-4-1-10(7-22)12(20)24/h10-11,21H,1-9H2,(H2,20,24)/t10-/m0/s1. The van der Waals surface area contributed by atoms with Crippen molar-refractivity contribution in [3.05, 3.63) is 0 Å². The van der Waals surface area contributed by atoms with Crippen molar-refractivity contribution >= 4 is 11.9 Å². The number of carbonyl (C=O) groups excluding carboxylic acids is 2. The van der Waals surface area contributed by atoms with Gasteiger partial charge in [0.15, 0.2) is 0 Å². The number of primary amides is 1. The van der Waals surface area contributed by atoms with Crippen molar-refractivity contribution in [2.24, 2.45) is 17.1 Å². The first-order chi connectivity index (χ1) is 11.6. The van der Waals surface area contributed by atoms with E-state index in [1.807, 2.05) is 0 Å². The van der Waals surface area contributed by atoms with E-state index in [-0.39, 0.29) is 42.2 Å². The lowest BCUT2D eigenvalue weighted by Crippen LogP contribution is -2.70. The molecule has 9 heteroatoms. The summed E-state index contributed by atoms with van der Waals surface area (Å²) in [5, 5.41) is 2.79. The molecule has 0 bridgehead atoms. The number of amides is 3. The molecule has 25 heavy (non-hydrogen) atoms. The Bertz CT molecular complexity index is 591. The Morgan fingerprint density at radius 1 is 1.12 bits per heavy atom. The summed E-state index contributed by atoms with van der Waals surface area (Å²) in [6, 6.07) is -0.188. The van der Waals surface area contributed by atoms with Crippen molar-refractivity contribution in [2.75, 3.05) is 26.2 Å². The van der Waals surface area contributed by atoms with Crippen molar-refractivity contribution in [3.63, 3.8) is 0 Å². The van der Waals surface area contributed by atoms with Crippen LogP contribution in [0.15, 0.2) is 0 Å². The summed E-state index contributed by atoms with van der Waals surface area (Å²) >= 11 is 0. The molecule has 1 atom stereocenters. The minimum Gasteiger partial charge on any atom is -0.369 e. The number of carbonyl (C=O) groups is 2. The number of nitrogens with two attached hydrogens (primary N) is 1. The van der Waals surface area contributed by atoms with Gasteiger partial charge in [0.1, 0.15) is 5.54 Å². The molecule has 4 fully saturated rings. The highest BCUT2D eigenvalue weighted by Crippen LogP contribution is 2.54. The Balaban J connectivity index is 1.23. The lowest BCUT2D eigenvalue weighted by atomic mass is 9.60. The van der Waals surface area contributed by atoms with Crippen LogP contribution < -0.4 is 11.1 Å². The normalized spacial score (nSPS) is 30.1. The highest BCUT2D eigenvalue weighted by atomic mass is 19.4. The summed E-state index contributed by atoms with van der Waals surface area (Å²) in [6.45, 7) is 2.10. The van der Waals surface area contributed by atoms with Crippen LogP contribution in [0.4, 0.5) is 18.0 Å². The van der Waals surface area contributed by atoms with E-state index in [9.17, 15) is 22.8 Å². The molecule has 0 aromatic heterocycles. The molecule has 3 N–H and O–H groups in total. The first-order valence-electron chi connectivity index (χ1n) is 8.81. The van der Waals surface area contributed by atoms with Crippen molar-refractivity contribution in [1.29, 1.82) is 0 Å². The van der Waals surface area contributed by atoms with Gasteiger partial charge in [0.2, 0.25) is 5.91 Å². The van der Waals surface area contributed by atoms with Crippen LogP contribution >= 0.6 is 0 Å². The van der Waals surface area contributed by atoms with Gasteiger partial charge in [0.25, 0.3) is 0 Å². The Labute approximate surface area is 143 Å². The second kappa shape index (κ2) is 5.25. The van der Waals surface area contributed by atoms with Gasteiger partial charge in [-0.2, -0.15) is 13.2 Å². The second-order valence-corrected chi connectivity index (χ2v) is 8.30. The molecule has 0 radical (unpaired) electrons. The van der Waals surface area contributed by atoms with Gasteiger partial charge in [-0.25, -0.2) is 4.79 Å². The van der Waals surface area contributed by atoms with Gasteiger partial charge in [-0.1, -0.05) is 0 Å². The number of nitrogens with zero attached hydrogens (tertiary/aromatic N) is 2. The van der Waals surface area contributed by atoms with E-state index in [1.54, 1.807) is 9.80 Å². The molecule has 2 saturated heterocycles. The van der Waals surface area contributed by atoms with Crippen LogP contribution in [0.2, 0.25) is 0 Å². The zero-order valence-corrected chi connectivity index (χ0v) is 13.9. The summed E-state index contributed by atoms with van der Waals surface area (Å²) < 4.78 is 38.9. The lowest BCUT2D eigenvalue weighted by molar-refractivity contribution is -0.175. The van der Waals surface area contributed by atoms with E-state index >= 15 is 0 Å². The fraction of sp³-hybridized carbons (Fsp3) is 0.875. The summed E-state index contributed by atoms with van der Waals surface area (Å²) in [7, 11) is 0. The third kappa shape index (κ3) is 2.76. The van der Waals surface area contributed by atoms with Crippen molar-refractivity contribution in [3.8, 4) is 0 Å². The third-order valence-electron chi connectivity index (χ3n) is 6.32. The van der Waals surface area contributed by atoms with Gasteiger partial charge in [0.05, 0.1) is 5.92 Å². The molecule has 2 aliphatic carbocycles. The maximum Gasteiger partial charge on any atom is 0.406 e. The topological polar surface area (TPSA) is 78.7 Å². The number of alkyl halides is 3. The SMILES string of the molecule is NC(=O)[C@H]1CCN(C(=O)N2CC3(CC(NC4(C(F)(F)F)CC4)C3)C2)C1. The molecule has 2 saturated carbocycles. The van der Waals surface area contributed by atoms with Crippen LogP contribution in [0.3, 0.4) is 0 Å². The van der Waals surface area contributed by atoms with Gasteiger partial charge in [0, 0.05) is 37.6 Å². The van der Waals surface area contributed by atoms with E-state index in [0.717, 1.165) is 0 Å². The summed E-state index contributed by atoms with van der Waals surface area (Å²) in [6.07, 6.45) is -1.85. The predicted molar refractivity (Wildman–Crippen MR) is 82.5 cm³/mol. The van der Waals surface area contributed by atoms with E-state index < -0.39 is 11.7 Å². The van der Waals surface area contributed by atoms with Gasteiger partial charge in [-0.05, 0) is 32.1 Å². The number of halogens is 3. The molecule has 3 amide bonds. The Morgan fingerprint density at radius 3 is 2.24 bits per heavy atom. The van der Waals surface area contributed by atoms with Crippen molar-refractivity contribution < 1.29 is 22.8 Å². The summed E-state index contributed by atoms with van der Waals surface area (Å²) in [5.41, 5.74) is 3.61. The fourth-order valence-electron chi connectivity index (χ4n) is 4.64. The predicted octanol–water partition coefficient (Wildman–Crippen LogP) is 1.06. The van der Waals surface area contributed by atoms with E-state index in [0.29, 0.717) is 45.4 Å². The maximum atomic E-state index is 13.0. The van der Waals surface area contributed by atoms with Crippen molar-refractivity contribution in [1.82, 2.24) is 15.1 Å². The molecular formula is C16H23F3N4O2. The number of likely N-dealkylation sites (tertiary alicyclic amines) is 2. The molecule has 0 unspecified atom stereocenters. The van der Waals surface area contributed by atoms with E-state index in [2.05, 4.69) is 5.32 Å². The first-order valence-corrected chi connectivity index (χ1v) is 8.81. The monoisotopic (exact) mass is 360 g/mol. The maximum absolute atomic E-state index is 13.0. The zero-order chi connectivity index (χ0) is 18.0. The van der Waals surface area contributed by atoms with E-state index in [4.69, 9.17) is 5.73 Å². The van der Waals surface area contributed by atoms with Crippen molar-refractivity contribution in [2.45, 2.75) is 49.9 Å². The number of hydrogen-bond acceptors (Lipinski definition) is 3. The average molecular weight is 360 g/mol. The molecule has 0 aromatic rings. The van der Waals surface area contributed by atoms with Crippen LogP contribution in [0.1, 0.15) is 32.1 Å². The largest absolute Gasteiger partial charge is 0.406 e. The van der Waals surface area contributed by atoms with Gasteiger partial charge >= 0.3 is 12.2 Å². The zero-order valence-electron chi connectivity index (χ0n) is 13.9. The minimum absolute atomic E-state index is 0.0161. The molecule has 140 valence electrons. The van der Waals surface area contributed by atoms with Gasteiger partial charge in [-0.15, -0.1) is 0 Å². The van der Waals surface area contributed by atoms with Gasteiger partial charge < -0.3 is 20.9 Å². The minimum atomic E-state index is -4.18. The third-order valence-corrected chi connectivity index (χ3v) is 6.32. The molecule has 6 nitrogen and oxygen atoms in total. The molecular weight excluding hydrogens is 337 g/mol. The van der Waals surface area contributed by atoms with Gasteiger partial charge in [-0.3, -0.25) is 4.79 Å². The molecule has 4 rings (SSSR count). The van der Waals surface area contributed by atoms with Crippen LogP contribution in [-0.4, -0.2) is 65.7 Å². The quantitative estimate of drug-likeness (QED) is 0.790. The Hall–Kier alpha value is -1.51. The first kappa shape index (κ1) is 16.9. The average Bonchev–Trinajstić information content (AvgIpc) is 3.06. The number of nitrogens with one attached hydrogen (secondary N) is 1. The second-order valence-electron chi connectivity index (χ2n) is 8.30. The Morgan fingerprint density at radius 2 is 1.76 bits per heavy atom. The number of urea groups is 1. The highest BCUT2D eigenvalue weighted by molar-refractivity contribution is 5.80. The summed E-state index contributed by atoms with van der Waals surface area (Å²) in [5.74, 6) is -0.643. The number of rotatable bonds is 3. The smallest absolute Gasteiger partial charge is 0.369 e. The summed E-state index contributed by atoms with van der Waals surface area (Å²) in [4.78, 5) is 27.0. The molecule has 2 aliphatic heterocycles. The highest BCUT2D eigenvalue weighted by Gasteiger charge is 2.66. The molecule has 4 aliphatic rings. The van der Waals surface area contributed by atoms with Crippen LogP contribution in [0, 0.1) is 11.3 Å². The fourth-order valence-corrected chi connectivity index (χ4v) is 4.64. The van der Waals surface area contributed by atoms with Crippen LogP contribution in [0.25, 0.3) is 0 Å². The van der Waals surface area contributed by atoms with Crippen LogP contribution in [0.5, 0.6) is 0 Å². The number of hydrogen-bond donors (Lipinski definition) is 2. The molecule has 0 aromatic carbocycles. The Kier molecular flexibility index (Phi) is 3.55. The molecule has 1 spiro atoms.